The summed E-state index contributed by atoms with van der Waals surface area (Å²) in [6, 6.07) is 31.9. The lowest BCUT2D eigenvalue weighted by atomic mass is 9.92. The van der Waals surface area contributed by atoms with Gasteiger partial charge >= 0.3 is 0 Å². The smallest absolute Gasteiger partial charge is 0.268 e. The normalized spacial score (nSPS) is 11.7. The lowest BCUT2D eigenvalue weighted by Gasteiger charge is -2.17. The summed E-state index contributed by atoms with van der Waals surface area (Å²) in [5, 5.41) is 0. The number of methoxy groups -OCH3 is 2. The van der Waals surface area contributed by atoms with Gasteiger partial charge in [-0.2, -0.15) is 0 Å². The molecule has 0 unspecified atom stereocenters. The number of ether oxygens (including phenoxy) is 2. The van der Waals surface area contributed by atoms with E-state index in [2.05, 4.69) is 0 Å². The molecule has 4 aromatic carbocycles. The Morgan fingerprint density at radius 2 is 0.913 bits per heavy atom. The summed E-state index contributed by atoms with van der Waals surface area (Å²) in [6.07, 6.45) is 2.84. The summed E-state index contributed by atoms with van der Waals surface area (Å²) >= 11 is 0. The van der Waals surface area contributed by atoms with Crippen LogP contribution >= 0.6 is 0 Å². The van der Waals surface area contributed by atoms with Crippen LogP contribution in [-0.2, 0) is 20.0 Å². The van der Waals surface area contributed by atoms with E-state index in [9.17, 15) is 21.6 Å². The van der Waals surface area contributed by atoms with Crippen molar-refractivity contribution in [2.45, 2.75) is 9.79 Å². The number of hydrogen-bond acceptors (Lipinski definition) is 7. The molecule has 0 saturated carbocycles. The molecule has 6 aromatic rings. The van der Waals surface area contributed by atoms with Gasteiger partial charge in [0.2, 0.25) is 0 Å². The predicted octanol–water partition coefficient (Wildman–Crippen LogP) is 6.35. The van der Waals surface area contributed by atoms with Gasteiger partial charge in [-0.05, 0) is 84.9 Å². The van der Waals surface area contributed by atoms with Crippen molar-refractivity contribution in [3.8, 4) is 34.0 Å². The van der Waals surface area contributed by atoms with Crippen LogP contribution in [0.5, 0.6) is 11.5 Å². The van der Waals surface area contributed by atoms with E-state index in [1.165, 1.54) is 50.9 Å². The Morgan fingerprint density at radius 3 is 1.28 bits per heavy atom. The minimum Gasteiger partial charge on any atom is -0.497 e. The molecule has 46 heavy (non-hydrogen) atoms. The SMILES string of the molecule is COc1ccc(C(=O)c2ccc(OC)cc2-c2cccn2S(=O)(=O)c2ccccc2)c(-c2cccn2S(=O)(=O)c2ccccc2)c1. The van der Waals surface area contributed by atoms with Gasteiger partial charge in [-0.15, -0.1) is 0 Å². The molecule has 2 heterocycles. The second kappa shape index (κ2) is 12.2. The molecule has 0 radical (unpaired) electrons. The van der Waals surface area contributed by atoms with Gasteiger partial charge in [0.05, 0.1) is 35.4 Å². The fourth-order valence-corrected chi connectivity index (χ4v) is 8.00. The summed E-state index contributed by atoms with van der Waals surface area (Å²) in [4.78, 5) is 14.7. The third-order valence-electron chi connectivity index (χ3n) is 7.52. The van der Waals surface area contributed by atoms with E-state index in [1.54, 1.807) is 97.1 Å². The minimum absolute atomic E-state index is 0.0843. The molecule has 0 fully saturated rings. The van der Waals surface area contributed by atoms with E-state index in [0.717, 1.165) is 7.94 Å². The van der Waals surface area contributed by atoms with Crippen LogP contribution in [0.2, 0.25) is 0 Å². The molecule has 6 rings (SSSR count). The lowest BCUT2D eigenvalue weighted by Crippen LogP contribution is -2.15. The maximum Gasteiger partial charge on any atom is 0.268 e. The number of nitrogens with zero attached hydrogens (tertiary/aromatic N) is 2. The Kier molecular flexibility index (Phi) is 8.11. The summed E-state index contributed by atoms with van der Waals surface area (Å²) in [6.45, 7) is 0. The highest BCUT2D eigenvalue weighted by molar-refractivity contribution is 7.90. The minimum atomic E-state index is -4.02. The Balaban J connectivity index is 1.53. The topological polar surface area (TPSA) is 114 Å². The maximum atomic E-state index is 14.5. The van der Waals surface area contributed by atoms with Crippen molar-refractivity contribution < 1.29 is 31.1 Å². The van der Waals surface area contributed by atoms with Crippen molar-refractivity contribution in [2.75, 3.05) is 14.2 Å². The molecule has 0 aliphatic rings. The van der Waals surface area contributed by atoms with Gasteiger partial charge in [-0.25, -0.2) is 24.8 Å². The molecule has 0 amide bonds. The zero-order valence-electron chi connectivity index (χ0n) is 24.8. The van der Waals surface area contributed by atoms with Crippen LogP contribution in [0.3, 0.4) is 0 Å². The third-order valence-corrected chi connectivity index (χ3v) is 10.9. The Bertz CT molecular complexity index is 2110. The maximum absolute atomic E-state index is 14.5. The summed E-state index contributed by atoms with van der Waals surface area (Å²) in [7, 11) is -5.10. The summed E-state index contributed by atoms with van der Waals surface area (Å²) < 4.78 is 67.9. The average Bonchev–Trinajstić information content (AvgIpc) is 3.80. The Hall–Kier alpha value is -5.39. The van der Waals surface area contributed by atoms with E-state index in [-0.39, 0.29) is 32.3 Å². The van der Waals surface area contributed by atoms with Crippen LogP contribution in [0.1, 0.15) is 15.9 Å². The van der Waals surface area contributed by atoms with E-state index in [4.69, 9.17) is 9.47 Å². The number of aromatic nitrogens is 2. The quantitative estimate of drug-likeness (QED) is 0.159. The van der Waals surface area contributed by atoms with E-state index >= 15 is 0 Å². The lowest BCUT2D eigenvalue weighted by molar-refractivity contribution is 0.103. The highest BCUT2D eigenvalue weighted by Gasteiger charge is 2.27. The fourth-order valence-electron chi connectivity index (χ4n) is 5.25. The molecule has 0 aliphatic heterocycles. The number of rotatable bonds is 10. The molecule has 0 saturated heterocycles. The summed E-state index contributed by atoms with van der Waals surface area (Å²) in [5.41, 5.74) is 1.47. The van der Waals surface area contributed by atoms with Crippen LogP contribution < -0.4 is 9.47 Å². The fraction of sp³-hybridized carbons (Fsp3) is 0.0571. The van der Waals surface area contributed by atoms with Gasteiger partial charge in [0, 0.05) is 34.6 Å². The molecule has 0 aliphatic carbocycles. The van der Waals surface area contributed by atoms with Crippen LogP contribution in [0.25, 0.3) is 22.5 Å². The van der Waals surface area contributed by atoms with Crippen molar-refractivity contribution >= 4 is 25.8 Å². The van der Waals surface area contributed by atoms with Gasteiger partial charge in [-0.3, -0.25) is 4.79 Å². The van der Waals surface area contributed by atoms with Crippen LogP contribution in [0.4, 0.5) is 0 Å². The molecule has 232 valence electrons. The molecule has 0 atom stereocenters. The molecule has 11 heteroatoms. The zero-order chi connectivity index (χ0) is 32.5. The van der Waals surface area contributed by atoms with Crippen molar-refractivity contribution in [1.29, 1.82) is 0 Å². The van der Waals surface area contributed by atoms with Crippen LogP contribution in [-0.4, -0.2) is 44.8 Å². The first-order valence-corrected chi connectivity index (χ1v) is 16.9. The molecule has 0 bridgehead atoms. The average molecular weight is 653 g/mol. The number of hydrogen-bond donors (Lipinski definition) is 0. The van der Waals surface area contributed by atoms with Crippen molar-refractivity contribution in [2.24, 2.45) is 0 Å². The number of carbonyl (C=O) groups is 1. The molecule has 2 aromatic heterocycles. The van der Waals surface area contributed by atoms with E-state index in [0.29, 0.717) is 22.6 Å². The third kappa shape index (κ3) is 5.40. The molecular formula is C35H28N2O7S2. The zero-order valence-corrected chi connectivity index (χ0v) is 26.4. The van der Waals surface area contributed by atoms with Crippen molar-refractivity contribution in [3.05, 3.63) is 145 Å². The van der Waals surface area contributed by atoms with Crippen LogP contribution in [0, 0.1) is 0 Å². The van der Waals surface area contributed by atoms with Crippen molar-refractivity contribution in [1.82, 2.24) is 7.94 Å². The van der Waals surface area contributed by atoms with Gasteiger partial charge in [0.25, 0.3) is 20.0 Å². The van der Waals surface area contributed by atoms with E-state index < -0.39 is 25.8 Å². The first-order valence-electron chi connectivity index (χ1n) is 14.0. The number of benzene rings is 4. The van der Waals surface area contributed by atoms with Gasteiger partial charge in [0.1, 0.15) is 11.5 Å². The van der Waals surface area contributed by atoms with Gasteiger partial charge in [0.15, 0.2) is 5.78 Å². The Labute approximate surface area is 267 Å². The standard InChI is InChI=1S/C35H28N2O7S2/c1-43-25-17-19-29(31(23-25)33-15-9-21-36(33)45(39,40)27-11-5-3-6-12-27)35(38)30-20-18-26(44-2)24-32(30)34-16-10-22-37(34)46(41,42)28-13-7-4-8-14-28/h3-24H,1-2H3. The second-order valence-corrected chi connectivity index (χ2v) is 13.8. The van der Waals surface area contributed by atoms with E-state index in [1.807, 2.05) is 0 Å². The van der Waals surface area contributed by atoms with Gasteiger partial charge in [-0.1, -0.05) is 36.4 Å². The number of ketones is 1. The Morgan fingerprint density at radius 1 is 0.522 bits per heavy atom. The van der Waals surface area contributed by atoms with Gasteiger partial charge < -0.3 is 9.47 Å². The first kappa shape index (κ1) is 30.6. The number of carbonyl (C=O) groups excluding carboxylic acids is 1. The molecule has 0 N–H and O–H groups in total. The molecule has 0 spiro atoms. The molecule has 9 nitrogen and oxygen atoms in total. The van der Waals surface area contributed by atoms with Crippen LogP contribution in [0.15, 0.2) is 144 Å². The monoisotopic (exact) mass is 652 g/mol. The largest absolute Gasteiger partial charge is 0.497 e. The highest BCUT2D eigenvalue weighted by atomic mass is 32.2. The second-order valence-electron chi connectivity index (χ2n) is 10.2. The highest BCUT2D eigenvalue weighted by Crippen LogP contribution is 2.36. The first-order chi connectivity index (χ1) is 22.2. The van der Waals surface area contributed by atoms with Crippen molar-refractivity contribution in [3.63, 3.8) is 0 Å². The summed E-state index contributed by atoms with van der Waals surface area (Å²) in [5.74, 6) is 0.355. The molecular weight excluding hydrogens is 625 g/mol. The predicted molar refractivity (Wildman–Crippen MR) is 174 cm³/mol.